The van der Waals surface area contributed by atoms with Gasteiger partial charge in [0.25, 0.3) is 0 Å². The summed E-state index contributed by atoms with van der Waals surface area (Å²) >= 11 is 0. The fraction of sp³-hybridized carbons (Fsp3) is 0.917. The van der Waals surface area contributed by atoms with E-state index in [9.17, 15) is 4.79 Å². The second kappa shape index (κ2) is 6.11. The average molecular weight is 212 g/mol. The molecule has 1 aliphatic carbocycles. The highest BCUT2D eigenvalue weighted by Crippen LogP contribution is 2.29. The van der Waals surface area contributed by atoms with Gasteiger partial charge < -0.3 is 11.1 Å². The lowest BCUT2D eigenvalue weighted by atomic mass is 9.78. The molecule has 0 aromatic carbocycles. The van der Waals surface area contributed by atoms with Crippen LogP contribution in [0.25, 0.3) is 0 Å². The van der Waals surface area contributed by atoms with E-state index >= 15 is 0 Å². The van der Waals surface area contributed by atoms with Gasteiger partial charge in [-0.25, -0.2) is 0 Å². The summed E-state index contributed by atoms with van der Waals surface area (Å²) in [4.78, 5) is 11.8. The first-order valence-corrected chi connectivity index (χ1v) is 6.18. The summed E-state index contributed by atoms with van der Waals surface area (Å²) in [5.74, 6) is 0.875. The van der Waals surface area contributed by atoms with Crippen molar-refractivity contribution >= 4 is 5.91 Å². The van der Waals surface area contributed by atoms with E-state index in [1.807, 2.05) is 0 Å². The molecule has 3 atom stereocenters. The maximum absolute atomic E-state index is 11.8. The molecular formula is C12H24N2O. The minimum atomic E-state index is 0.196. The molecule has 0 saturated heterocycles. The minimum absolute atomic E-state index is 0.196. The molecule has 3 heteroatoms. The number of rotatable bonds is 4. The fourth-order valence-corrected chi connectivity index (χ4v) is 2.35. The highest BCUT2D eigenvalue weighted by molar-refractivity contribution is 5.79. The van der Waals surface area contributed by atoms with Crippen LogP contribution in [0.5, 0.6) is 0 Å². The molecule has 88 valence electrons. The second-order valence-electron chi connectivity index (χ2n) is 4.80. The van der Waals surface area contributed by atoms with E-state index in [0.29, 0.717) is 12.0 Å². The molecule has 0 bridgehead atoms. The first kappa shape index (κ1) is 12.5. The van der Waals surface area contributed by atoms with Crippen molar-refractivity contribution in [1.29, 1.82) is 0 Å². The maximum Gasteiger partial charge on any atom is 0.223 e. The molecule has 1 rings (SSSR count). The molecule has 0 aliphatic heterocycles. The van der Waals surface area contributed by atoms with Gasteiger partial charge in [-0.15, -0.1) is 0 Å². The molecule has 0 aromatic heterocycles. The van der Waals surface area contributed by atoms with Gasteiger partial charge in [0.15, 0.2) is 0 Å². The Hall–Kier alpha value is -0.570. The van der Waals surface area contributed by atoms with E-state index in [1.165, 1.54) is 0 Å². The van der Waals surface area contributed by atoms with Gasteiger partial charge in [0.2, 0.25) is 5.91 Å². The standard InChI is InChI=1S/C12H24N2O/c1-3-4-7-14-12(15)11-6-5-10(13)8-9(11)2/h9-11H,3-8,13H2,1-2H3,(H,14,15). The molecule has 3 nitrogen and oxygen atoms in total. The van der Waals surface area contributed by atoms with Crippen LogP contribution in [-0.4, -0.2) is 18.5 Å². The third-order valence-corrected chi connectivity index (χ3v) is 3.38. The van der Waals surface area contributed by atoms with Gasteiger partial charge in [0, 0.05) is 18.5 Å². The third-order valence-electron chi connectivity index (χ3n) is 3.38. The number of carbonyl (C=O) groups excluding carboxylic acids is 1. The Morgan fingerprint density at radius 2 is 2.20 bits per heavy atom. The van der Waals surface area contributed by atoms with Gasteiger partial charge in [0.1, 0.15) is 0 Å². The van der Waals surface area contributed by atoms with E-state index in [-0.39, 0.29) is 11.8 Å². The zero-order valence-electron chi connectivity index (χ0n) is 9.96. The molecule has 1 amide bonds. The zero-order valence-corrected chi connectivity index (χ0v) is 9.96. The zero-order chi connectivity index (χ0) is 11.3. The quantitative estimate of drug-likeness (QED) is 0.696. The highest BCUT2D eigenvalue weighted by atomic mass is 16.1. The Morgan fingerprint density at radius 3 is 2.80 bits per heavy atom. The topological polar surface area (TPSA) is 55.1 Å². The Bertz CT molecular complexity index is 206. The van der Waals surface area contributed by atoms with Crippen LogP contribution in [0, 0.1) is 11.8 Å². The van der Waals surface area contributed by atoms with Crippen LogP contribution < -0.4 is 11.1 Å². The number of nitrogens with one attached hydrogen (secondary N) is 1. The van der Waals surface area contributed by atoms with Crippen molar-refractivity contribution in [2.45, 2.75) is 52.0 Å². The van der Waals surface area contributed by atoms with Crippen LogP contribution in [0.2, 0.25) is 0 Å². The molecule has 3 N–H and O–H groups in total. The molecule has 3 unspecified atom stereocenters. The predicted octanol–water partition coefficient (Wildman–Crippen LogP) is 1.67. The van der Waals surface area contributed by atoms with Gasteiger partial charge in [-0.2, -0.15) is 0 Å². The largest absolute Gasteiger partial charge is 0.356 e. The lowest BCUT2D eigenvalue weighted by Gasteiger charge is -2.31. The van der Waals surface area contributed by atoms with Crippen molar-refractivity contribution in [2.75, 3.05) is 6.54 Å². The van der Waals surface area contributed by atoms with Crippen LogP contribution in [0.1, 0.15) is 46.0 Å². The van der Waals surface area contributed by atoms with Crippen molar-refractivity contribution in [3.05, 3.63) is 0 Å². The molecule has 0 spiro atoms. The first-order chi connectivity index (χ1) is 7.15. The summed E-state index contributed by atoms with van der Waals surface area (Å²) in [5.41, 5.74) is 5.88. The van der Waals surface area contributed by atoms with E-state index < -0.39 is 0 Å². The number of unbranched alkanes of at least 4 members (excludes halogenated alkanes) is 1. The molecule has 1 fully saturated rings. The monoisotopic (exact) mass is 212 g/mol. The Labute approximate surface area is 92.8 Å². The average Bonchev–Trinajstić information content (AvgIpc) is 2.17. The third kappa shape index (κ3) is 3.82. The van der Waals surface area contributed by atoms with E-state index in [0.717, 1.165) is 38.6 Å². The summed E-state index contributed by atoms with van der Waals surface area (Å²) in [6.07, 6.45) is 5.15. The SMILES string of the molecule is CCCCNC(=O)C1CCC(N)CC1C. The van der Waals surface area contributed by atoms with Crippen molar-refractivity contribution in [3.8, 4) is 0 Å². The Balaban J connectivity index is 2.32. The van der Waals surface area contributed by atoms with E-state index in [4.69, 9.17) is 5.73 Å². The highest BCUT2D eigenvalue weighted by Gasteiger charge is 2.30. The summed E-state index contributed by atoms with van der Waals surface area (Å²) in [5, 5.41) is 3.02. The summed E-state index contributed by atoms with van der Waals surface area (Å²) < 4.78 is 0. The normalized spacial score (nSPS) is 31.3. The van der Waals surface area contributed by atoms with Crippen molar-refractivity contribution in [1.82, 2.24) is 5.32 Å². The summed E-state index contributed by atoms with van der Waals surface area (Å²) in [6, 6.07) is 0.305. The number of amides is 1. The molecule has 0 aromatic rings. The van der Waals surface area contributed by atoms with Crippen molar-refractivity contribution in [2.24, 2.45) is 17.6 Å². The maximum atomic E-state index is 11.8. The predicted molar refractivity (Wildman–Crippen MR) is 62.4 cm³/mol. The van der Waals surface area contributed by atoms with Crippen LogP contribution in [0.15, 0.2) is 0 Å². The molecule has 0 radical (unpaired) electrons. The van der Waals surface area contributed by atoms with Crippen LogP contribution >= 0.6 is 0 Å². The Morgan fingerprint density at radius 1 is 1.47 bits per heavy atom. The van der Waals surface area contributed by atoms with Gasteiger partial charge in [-0.05, 0) is 31.6 Å². The molecule has 0 heterocycles. The summed E-state index contributed by atoms with van der Waals surface area (Å²) in [7, 11) is 0. The fourth-order valence-electron chi connectivity index (χ4n) is 2.35. The first-order valence-electron chi connectivity index (χ1n) is 6.18. The van der Waals surface area contributed by atoms with E-state index in [2.05, 4.69) is 19.2 Å². The molecule has 15 heavy (non-hydrogen) atoms. The van der Waals surface area contributed by atoms with Gasteiger partial charge in [-0.3, -0.25) is 4.79 Å². The number of carbonyl (C=O) groups is 1. The smallest absolute Gasteiger partial charge is 0.223 e. The second-order valence-corrected chi connectivity index (χ2v) is 4.80. The van der Waals surface area contributed by atoms with Crippen LogP contribution in [0.3, 0.4) is 0 Å². The minimum Gasteiger partial charge on any atom is -0.356 e. The summed E-state index contributed by atoms with van der Waals surface area (Å²) in [6.45, 7) is 5.10. The molecule has 1 aliphatic rings. The molecule has 1 saturated carbocycles. The molecular weight excluding hydrogens is 188 g/mol. The van der Waals surface area contributed by atoms with Crippen molar-refractivity contribution < 1.29 is 4.79 Å². The van der Waals surface area contributed by atoms with Gasteiger partial charge >= 0.3 is 0 Å². The number of hydrogen-bond donors (Lipinski definition) is 2. The van der Waals surface area contributed by atoms with Crippen molar-refractivity contribution in [3.63, 3.8) is 0 Å². The van der Waals surface area contributed by atoms with Crippen LogP contribution in [0.4, 0.5) is 0 Å². The van der Waals surface area contributed by atoms with Gasteiger partial charge in [-0.1, -0.05) is 20.3 Å². The Kier molecular flexibility index (Phi) is 5.09. The lowest BCUT2D eigenvalue weighted by Crippen LogP contribution is -2.41. The number of hydrogen-bond acceptors (Lipinski definition) is 2. The van der Waals surface area contributed by atoms with Crippen LogP contribution in [-0.2, 0) is 4.79 Å². The lowest BCUT2D eigenvalue weighted by molar-refractivity contribution is -0.127. The number of nitrogens with two attached hydrogens (primary N) is 1. The van der Waals surface area contributed by atoms with E-state index in [1.54, 1.807) is 0 Å². The van der Waals surface area contributed by atoms with Gasteiger partial charge in [0.05, 0.1) is 0 Å².